The van der Waals surface area contributed by atoms with E-state index in [-0.39, 0.29) is 36.5 Å². The number of carbonyl (C=O) groups excluding carboxylic acids is 6. The number of aromatic nitrogens is 1. The number of piperazine rings is 1. The summed E-state index contributed by atoms with van der Waals surface area (Å²) in [6.45, 7) is -0.337. The van der Waals surface area contributed by atoms with Crippen LogP contribution in [0.4, 0.5) is 18.0 Å². The number of pyridine rings is 1. The minimum absolute atomic E-state index is 0.0565. The molecule has 1 unspecified atom stereocenters. The molecule has 3 aliphatic rings. The van der Waals surface area contributed by atoms with Crippen LogP contribution in [0.3, 0.4) is 0 Å². The average molecular weight is 785 g/mol. The van der Waals surface area contributed by atoms with Crippen molar-refractivity contribution in [3.63, 3.8) is 0 Å². The van der Waals surface area contributed by atoms with Gasteiger partial charge in [0.05, 0.1) is 17.4 Å². The monoisotopic (exact) mass is 784 g/mol. The highest BCUT2D eigenvalue weighted by molar-refractivity contribution is 8.00. The summed E-state index contributed by atoms with van der Waals surface area (Å²) in [5.41, 5.74) is -2.58. The second-order valence-electron chi connectivity index (χ2n) is 12.4. The lowest BCUT2D eigenvalue weighted by Crippen LogP contribution is -2.71. The highest BCUT2D eigenvalue weighted by atomic mass is 32.2. The third-order valence-corrected chi connectivity index (χ3v) is 10.5. The largest absolute Gasteiger partial charge is 0.477 e. The first-order valence-corrected chi connectivity index (χ1v) is 17.7. The van der Waals surface area contributed by atoms with Gasteiger partial charge in [-0.2, -0.15) is 0 Å². The average Bonchev–Trinajstić information content (AvgIpc) is 3.16. The number of amides is 6. The molecule has 1 aromatic heterocycles. The van der Waals surface area contributed by atoms with Gasteiger partial charge in [0.25, 0.3) is 5.91 Å². The first-order valence-electron chi connectivity index (χ1n) is 16.7. The number of rotatable bonds is 11. The number of aliphatic carboxylic acids is 1. The van der Waals surface area contributed by atoms with E-state index in [9.17, 15) is 56.6 Å². The number of carboxylic acid groups (broad SMARTS) is 1. The van der Waals surface area contributed by atoms with E-state index in [1.165, 1.54) is 17.0 Å². The molecule has 3 N–H and O–H groups in total. The number of thioether (sulfide) groups is 1. The molecule has 2 aromatic carbocycles. The first kappa shape index (κ1) is 38.5. The van der Waals surface area contributed by atoms with Crippen molar-refractivity contribution in [2.24, 2.45) is 0 Å². The predicted molar refractivity (Wildman–Crippen MR) is 186 cm³/mol. The Bertz CT molecular complexity index is 2230. The van der Waals surface area contributed by atoms with Crippen molar-refractivity contribution in [2.45, 2.75) is 30.9 Å². The number of β-lactam (4-membered cyclic amide) rings is 1. The summed E-state index contributed by atoms with van der Waals surface area (Å²) < 4.78 is 47.9. The number of benzene rings is 2. The van der Waals surface area contributed by atoms with Crippen LogP contribution in [0.2, 0.25) is 0 Å². The van der Waals surface area contributed by atoms with Gasteiger partial charge >= 0.3 is 29.8 Å². The quantitative estimate of drug-likeness (QED) is 0.144. The van der Waals surface area contributed by atoms with Crippen molar-refractivity contribution in [3.05, 3.63) is 92.9 Å². The zero-order chi connectivity index (χ0) is 39.7. The Balaban J connectivity index is 1.18. The SMILES string of the molecule is CCN1CCN(C(=O)NC(C(=O)N[C@@H]2C(=O)N3C(C(=O)O)=C(COC(=O)c4cn(CCF)c5c(F)cc(F)cc5c4=O)CS[C@H]23)c2ccccc2)C(=O)C1=O. The number of carboxylic acids is 1. The van der Waals surface area contributed by atoms with E-state index in [1.807, 2.05) is 0 Å². The summed E-state index contributed by atoms with van der Waals surface area (Å²) in [7, 11) is 0. The maximum atomic E-state index is 14.5. The van der Waals surface area contributed by atoms with Gasteiger partial charge in [0.2, 0.25) is 11.3 Å². The maximum Gasteiger partial charge on any atom is 0.352 e. The molecular weight excluding hydrogens is 753 g/mol. The summed E-state index contributed by atoms with van der Waals surface area (Å²) in [5.74, 6) is -8.97. The molecule has 4 heterocycles. The number of urea groups is 1. The number of esters is 1. The fourth-order valence-electron chi connectivity index (χ4n) is 6.45. The molecule has 0 aliphatic carbocycles. The van der Waals surface area contributed by atoms with E-state index in [1.54, 1.807) is 25.1 Å². The van der Waals surface area contributed by atoms with Crippen LogP contribution in [0.15, 0.2) is 64.7 Å². The molecule has 3 aliphatic heterocycles. The Kier molecular flexibility index (Phi) is 11.0. The summed E-state index contributed by atoms with van der Waals surface area (Å²) in [6, 6.07) is 5.29. The molecule has 55 heavy (non-hydrogen) atoms. The van der Waals surface area contributed by atoms with Gasteiger partial charge < -0.3 is 29.9 Å². The van der Waals surface area contributed by atoms with Gasteiger partial charge in [-0.3, -0.25) is 33.8 Å². The number of likely N-dealkylation sites (N-methyl/N-ethyl adjacent to an activating group) is 1. The molecule has 0 radical (unpaired) electrons. The fraction of sp³-hybridized carbons (Fsp3) is 0.314. The van der Waals surface area contributed by atoms with E-state index in [2.05, 4.69) is 10.6 Å². The molecule has 2 fully saturated rings. The van der Waals surface area contributed by atoms with Crippen LogP contribution in [-0.4, -0.2) is 116 Å². The second-order valence-corrected chi connectivity index (χ2v) is 13.5. The predicted octanol–water partition coefficient (Wildman–Crippen LogP) is 1.29. The Labute approximate surface area is 312 Å². The number of hydrogen-bond acceptors (Lipinski definition) is 10. The van der Waals surface area contributed by atoms with Crippen molar-refractivity contribution in [1.29, 1.82) is 0 Å². The highest BCUT2D eigenvalue weighted by Crippen LogP contribution is 2.40. The summed E-state index contributed by atoms with van der Waals surface area (Å²) in [4.78, 5) is 107. The lowest BCUT2D eigenvalue weighted by atomic mass is 10.0. The topological polar surface area (TPSA) is 205 Å². The zero-order valence-corrected chi connectivity index (χ0v) is 29.6. The molecule has 6 rings (SSSR count). The van der Waals surface area contributed by atoms with Crippen LogP contribution in [0.25, 0.3) is 10.9 Å². The molecule has 3 aromatic rings. The molecule has 288 valence electrons. The molecule has 0 bridgehead atoms. The normalized spacial score (nSPS) is 18.8. The molecule has 20 heteroatoms. The Hall–Kier alpha value is -6.18. The molecule has 6 amide bonds. The van der Waals surface area contributed by atoms with Gasteiger partial charge in [-0.05, 0) is 18.6 Å². The van der Waals surface area contributed by atoms with E-state index < -0.39 is 118 Å². The summed E-state index contributed by atoms with van der Waals surface area (Å²) in [6.07, 6.45) is 0.854. The second kappa shape index (κ2) is 15.7. The minimum atomic E-state index is -1.58. The summed E-state index contributed by atoms with van der Waals surface area (Å²) >= 11 is 1.01. The van der Waals surface area contributed by atoms with Crippen molar-refractivity contribution < 1.29 is 56.6 Å². The number of ether oxygens (including phenoxy) is 1. The van der Waals surface area contributed by atoms with E-state index in [0.29, 0.717) is 17.0 Å². The molecular formula is C35H31F3N6O10S. The lowest BCUT2D eigenvalue weighted by Gasteiger charge is -2.49. The van der Waals surface area contributed by atoms with E-state index in [4.69, 9.17) is 4.74 Å². The van der Waals surface area contributed by atoms with Crippen LogP contribution in [-0.2, 0) is 35.3 Å². The van der Waals surface area contributed by atoms with Crippen LogP contribution in [0.5, 0.6) is 0 Å². The number of alkyl halides is 1. The number of nitrogens with one attached hydrogen (secondary N) is 2. The van der Waals surface area contributed by atoms with Gasteiger partial charge in [0.1, 0.15) is 47.8 Å². The number of halogens is 3. The zero-order valence-electron chi connectivity index (χ0n) is 28.8. The van der Waals surface area contributed by atoms with Crippen LogP contribution >= 0.6 is 11.8 Å². The number of carbonyl (C=O) groups is 7. The highest BCUT2D eigenvalue weighted by Gasteiger charge is 2.55. The number of hydrogen-bond donors (Lipinski definition) is 3. The van der Waals surface area contributed by atoms with E-state index in [0.717, 1.165) is 27.4 Å². The fourth-order valence-corrected chi connectivity index (χ4v) is 7.77. The lowest BCUT2D eigenvalue weighted by molar-refractivity contribution is -0.153. The molecule has 0 spiro atoms. The van der Waals surface area contributed by atoms with Crippen molar-refractivity contribution in [2.75, 3.05) is 38.7 Å². The molecule has 2 saturated heterocycles. The number of nitrogens with zero attached hydrogens (tertiary/aromatic N) is 4. The number of aryl methyl sites for hydroxylation is 1. The number of fused-ring (bicyclic) bond motifs is 2. The van der Waals surface area contributed by atoms with Gasteiger partial charge in [-0.1, -0.05) is 30.3 Å². The summed E-state index contributed by atoms with van der Waals surface area (Å²) in [5, 5.41) is 13.6. The number of imide groups is 1. The Morgan fingerprint density at radius 3 is 2.44 bits per heavy atom. The first-order chi connectivity index (χ1) is 26.3. The van der Waals surface area contributed by atoms with Gasteiger partial charge in [-0.15, -0.1) is 11.8 Å². The van der Waals surface area contributed by atoms with Gasteiger partial charge in [0.15, 0.2) is 5.82 Å². The van der Waals surface area contributed by atoms with Gasteiger partial charge in [-0.25, -0.2) is 27.6 Å². The standard InChI is InChI=1S/C35H31F3N6O10S/c1-2-41-10-11-43(31(49)30(41)48)35(53)40-23(17-6-4-3-5-7-17)28(46)39-24-29(47)44-25(33(50)51)18(16-55-32(24)44)15-54-34(52)21-14-42(9-8-36)26-20(27(21)45)12-19(37)13-22(26)38/h3-7,12-14,23-24,32H,2,8-11,15-16H2,1H3,(H,39,46)(H,40,53)(H,50,51)/t23?,24-,32-/m1/s1. The Morgan fingerprint density at radius 1 is 1.04 bits per heavy atom. The molecule has 16 nitrogen and oxygen atoms in total. The molecule has 3 atom stereocenters. The third-order valence-electron chi connectivity index (χ3n) is 9.16. The third kappa shape index (κ3) is 7.23. The Morgan fingerprint density at radius 2 is 1.76 bits per heavy atom. The minimum Gasteiger partial charge on any atom is -0.477 e. The van der Waals surface area contributed by atoms with Crippen molar-refractivity contribution in [1.82, 2.24) is 29.9 Å². The smallest absolute Gasteiger partial charge is 0.352 e. The van der Waals surface area contributed by atoms with Crippen LogP contribution in [0.1, 0.15) is 28.9 Å². The van der Waals surface area contributed by atoms with Crippen LogP contribution < -0.4 is 16.1 Å². The van der Waals surface area contributed by atoms with Crippen molar-refractivity contribution >= 4 is 64.3 Å². The maximum absolute atomic E-state index is 14.5. The van der Waals surface area contributed by atoms with Crippen molar-refractivity contribution in [3.8, 4) is 0 Å². The van der Waals surface area contributed by atoms with Crippen LogP contribution in [0, 0.1) is 11.6 Å². The molecule has 0 saturated carbocycles. The van der Waals surface area contributed by atoms with E-state index >= 15 is 0 Å². The van der Waals surface area contributed by atoms with Gasteiger partial charge in [0, 0.05) is 43.2 Å².